The predicted molar refractivity (Wildman–Crippen MR) is 70.9 cm³/mol. The highest BCUT2D eigenvalue weighted by Crippen LogP contribution is 2.18. The fourth-order valence-electron chi connectivity index (χ4n) is 1.48. The number of benzene rings is 1. The molecule has 0 saturated heterocycles. The van der Waals surface area contributed by atoms with E-state index in [1.165, 1.54) is 22.9 Å². The molecular weight excluding hydrogens is 301 g/mol. The number of nitrogens with one attached hydrogen (secondary N) is 1. The van der Waals surface area contributed by atoms with Crippen LogP contribution >= 0.6 is 15.9 Å². The van der Waals surface area contributed by atoms with Gasteiger partial charge in [-0.2, -0.15) is 0 Å². The van der Waals surface area contributed by atoms with Crippen LogP contribution in [0.15, 0.2) is 39.9 Å². The predicted octanol–water partition coefficient (Wildman–Crippen LogP) is 2.29. The monoisotopic (exact) mass is 311 g/mol. The first kappa shape index (κ1) is 12.8. The molecule has 0 aliphatic rings. The molecule has 94 valence electrons. The summed E-state index contributed by atoms with van der Waals surface area (Å²) >= 11 is 3.33. The molecule has 1 N–H and O–H groups in total. The van der Waals surface area contributed by atoms with E-state index in [1.807, 2.05) is 0 Å². The number of hydrogen-bond donors (Lipinski definition) is 1. The van der Waals surface area contributed by atoms with Gasteiger partial charge in [0.2, 0.25) is 0 Å². The summed E-state index contributed by atoms with van der Waals surface area (Å²) in [5.74, 6) is -0.0694. The van der Waals surface area contributed by atoms with Gasteiger partial charge in [-0.05, 0) is 23.8 Å². The van der Waals surface area contributed by atoms with Gasteiger partial charge in [0.05, 0.1) is 0 Å². The largest absolute Gasteiger partial charge is 0.361 e. The van der Waals surface area contributed by atoms with Crippen LogP contribution in [0.25, 0.3) is 0 Å². The zero-order valence-corrected chi connectivity index (χ0v) is 11.2. The lowest BCUT2D eigenvalue weighted by molar-refractivity contribution is 0.625. The summed E-state index contributed by atoms with van der Waals surface area (Å²) in [4.78, 5) is 15.6. The molecule has 0 atom stereocenters. The minimum Gasteiger partial charge on any atom is -0.361 e. The lowest BCUT2D eigenvalue weighted by Crippen LogP contribution is -2.21. The summed E-state index contributed by atoms with van der Waals surface area (Å²) in [5, 5.41) is 2.90. The van der Waals surface area contributed by atoms with Crippen molar-refractivity contribution < 1.29 is 4.39 Å². The van der Waals surface area contributed by atoms with Crippen LogP contribution in [-0.4, -0.2) is 9.55 Å². The van der Waals surface area contributed by atoms with Gasteiger partial charge < -0.3 is 9.88 Å². The van der Waals surface area contributed by atoms with Gasteiger partial charge in [-0.3, -0.25) is 4.79 Å². The Morgan fingerprint density at radius 1 is 1.50 bits per heavy atom. The normalized spacial score (nSPS) is 10.4. The second-order valence-electron chi connectivity index (χ2n) is 3.78. The highest BCUT2D eigenvalue weighted by molar-refractivity contribution is 9.10. The van der Waals surface area contributed by atoms with Crippen LogP contribution in [0.1, 0.15) is 5.56 Å². The first-order valence-corrected chi connectivity index (χ1v) is 6.06. The Morgan fingerprint density at radius 2 is 2.28 bits per heavy atom. The lowest BCUT2D eigenvalue weighted by Gasteiger charge is -2.08. The molecule has 4 nitrogen and oxygen atoms in total. The van der Waals surface area contributed by atoms with Gasteiger partial charge in [-0.25, -0.2) is 9.37 Å². The molecule has 2 aromatic rings. The van der Waals surface area contributed by atoms with Gasteiger partial charge in [0.25, 0.3) is 5.56 Å². The summed E-state index contributed by atoms with van der Waals surface area (Å²) in [6, 6.07) is 4.40. The van der Waals surface area contributed by atoms with Crippen molar-refractivity contribution in [1.82, 2.24) is 9.55 Å². The maximum absolute atomic E-state index is 13.1. The fraction of sp³-hybridized carbons (Fsp3) is 0.167. The van der Waals surface area contributed by atoms with E-state index in [4.69, 9.17) is 0 Å². The van der Waals surface area contributed by atoms with Gasteiger partial charge >= 0.3 is 0 Å². The lowest BCUT2D eigenvalue weighted by atomic mass is 10.2. The van der Waals surface area contributed by atoms with Crippen molar-refractivity contribution in [3.8, 4) is 0 Å². The molecule has 0 aliphatic carbocycles. The van der Waals surface area contributed by atoms with Crippen LogP contribution in [-0.2, 0) is 13.6 Å². The van der Waals surface area contributed by atoms with Crippen LogP contribution < -0.4 is 10.9 Å². The maximum Gasteiger partial charge on any atom is 0.293 e. The van der Waals surface area contributed by atoms with Crippen LogP contribution in [0.5, 0.6) is 0 Å². The summed E-state index contributed by atoms with van der Waals surface area (Å²) < 4.78 is 15.3. The third-order valence-corrected chi connectivity index (χ3v) is 3.24. The van der Waals surface area contributed by atoms with Crippen molar-refractivity contribution in [2.75, 3.05) is 5.32 Å². The molecular formula is C12H11BrFN3O. The van der Waals surface area contributed by atoms with Crippen molar-refractivity contribution in [2.24, 2.45) is 7.05 Å². The Labute approximate surface area is 112 Å². The molecule has 6 heteroatoms. The van der Waals surface area contributed by atoms with E-state index in [0.29, 0.717) is 6.54 Å². The first-order chi connectivity index (χ1) is 8.58. The van der Waals surface area contributed by atoms with Gasteiger partial charge in [-0.1, -0.05) is 15.9 Å². The van der Waals surface area contributed by atoms with Crippen LogP contribution in [0, 0.1) is 5.82 Å². The van der Waals surface area contributed by atoms with Crippen molar-refractivity contribution in [3.05, 3.63) is 56.8 Å². The number of nitrogens with zero attached hydrogens (tertiary/aromatic N) is 2. The minimum atomic E-state index is -0.316. The third kappa shape index (κ3) is 2.76. The number of hydrogen-bond acceptors (Lipinski definition) is 3. The number of halogens is 2. The van der Waals surface area contributed by atoms with Crippen molar-refractivity contribution in [2.45, 2.75) is 6.54 Å². The van der Waals surface area contributed by atoms with E-state index in [9.17, 15) is 9.18 Å². The molecule has 18 heavy (non-hydrogen) atoms. The second-order valence-corrected chi connectivity index (χ2v) is 4.64. The first-order valence-electron chi connectivity index (χ1n) is 5.27. The molecule has 1 heterocycles. The Bertz CT molecular complexity index is 627. The highest BCUT2D eigenvalue weighted by Gasteiger charge is 2.05. The minimum absolute atomic E-state index is 0.218. The average molecular weight is 312 g/mol. The summed E-state index contributed by atoms with van der Waals surface area (Å²) in [5.41, 5.74) is 0.507. The topological polar surface area (TPSA) is 46.9 Å². The number of anilines is 1. The molecule has 1 aromatic carbocycles. The van der Waals surface area contributed by atoms with E-state index in [2.05, 4.69) is 26.2 Å². The molecule has 0 unspecified atom stereocenters. The van der Waals surface area contributed by atoms with E-state index in [1.54, 1.807) is 19.3 Å². The fourth-order valence-corrected chi connectivity index (χ4v) is 1.86. The average Bonchev–Trinajstić information content (AvgIpc) is 2.35. The molecule has 0 spiro atoms. The summed E-state index contributed by atoms with van der Waals surface area (Å²) in [6.07, 6.45) is 3.11. The van der Waals surface area contributed by atoms with Crippen LogP contribution in [0.3, 0.4) is 0 Å². The third-order valence-electron chi connectivity index (χ3n) is 2.47. The second kappa shape index (κ2) is 5.30. The van der Waals surface area contributed by atoms with E-state index < -0.39 is 0 Å². The quantitative estimate of drug-likeness (QED) is 0.946. The number of aryl methyl sites for hydroxylation is 1. The van der Waals surface area contributed by atoms with Gasteiger partial charge in [-0.15, -0.1) is 0 Å². The Hall–Kier alpha value is -1.69. The van der Waals surface area contributed by atoms with E-state index >= 15 is 0 Å². The van der Waals surface area contributed by atoms with Crippen LogP contribution in [0.2, 0.25) is 0 Å². The van der Waals surface area contributed by atoms with Crippen molar-refractivity contribution in [1.29, 1.82) is 0 Å². The summed E-state index contributed by atoms with van der Waals surface area (Å²) in [7, 11) is 1.65. The zero-order valence-electron chi connectivity index (χ0n) is 9.65. The zero-order chi connectivity index (χ0) is 13.1. The Morgan fingerprint density at radius 3 is 3.06 bits per heavy atom. The number of aromatic nitrogens is 2. The molecule has 1 aromatic heterocycles. The molecule has 0 fully saturated rings. The summed E-state index contributed by atoms with van der Waals surface area (Å²) in [6.45, 7) is 0.324. The molecule has 2 rings (SSSR count). The van der Waals surface area contributed by atoms with Gasteiger partial charge in [0, 0.05) is 30.5 Å². The van der Waals surface area contributed by atoms with E-state index in [0.717, 1.165) is 10.0 Å². The molecule has 0 bridgehead atoms. The van der Waals surface area contributed by atoms with Crippen molar-refractivity contribution in [3.63, 3.8) is 0 Å². The highest BCUT2D eigenvalue weighted by atomic mass is 79.9. The number of rotatable bonds is 3. The SMILES string of the molecule is Cn1ccnc(NCc2cc(F)ccc2Br)c1=O. The van der Waals surface area contributed by atoms with Gasteiger partial charge in [0.15, 0.2) is 5.82 Å². The molecule has 0 aliphatic heterocycles. The molecule has 0 radical (unpaired) electrons. The maximum atomic E-state index is 13.1. The smallest absolute Gasteiger partial charge is 0.293 e. The van der Waals surface area contributed by atoms with Crippen molar-refractivity contribution >= 4 is 21.7 Å². The Balaban J connectivity index is 2.19. The molecule has 0 saturated carbocycles. The standard InChI is InChI=1S/C12H11BrFN3O/c1-17-5-4-15-11(12(17)18)16-7-8-6-9(14)2-3-10(8)13/h2-6H,7H2,1H3,(H,15,16). The Kier molecular flexibility index (Phi) is 3.76. The van der Waals surface area contributed by atoms with E-state index in [-0.39, 0.29) is 17.2 Å². The van der Waals surface area contributed by atoms with Gasteiger partial charge in [0.1, 0.15) is 5.82 Å². The van der Waals surface area contributed by atoms with Crippen LogP contribution in [0.4, 0.5) is 10.2 Å². The molecule has 0 amide bonds.